The molecule has 1 atom stereocenters. The second-order valence-electron chi connectivity index (χ2n) is 4.97. The molecule has 7 nitrogen and oxygen atoms in total. The van der Waals surface area contributed by atoms with Gasteiger partial charge in [-0.3, -0.25) is 0 Å². The molecule has 0 bridgehead atoms. The van der Waals surface area contributed by atoms with Crippen molar-refractivity contribution in [1.82, 2.24) is 14.2 Å². The number of aromatic nitrogens is 1. The molecule has 0 aromatic carbocycles. The van der Waals surface area contributed by atoms with Crippen LogP contribution in [0, 0.1) is 0 Å². The van der Waals surface area contributed by atoms with Crippen LogP contribution in [0.1, 0.15) is 23.3 Å². The highest BCUT2D eigenvalue weighted by atomic mass is 32.2. The number of hydrogen-bond donors (Lipinski definition) is 1. The van der Waals surface area contributed by atoms with Crippen LogP contribution in [0.5, 0.6) is 0 Å². The number of aromatic carboxylic acids is 1. The SMILES string of the molecule is CN(C)CC1CCCN1S(=O)(=O)c1scnc1C(=O)O. The van der Waals surface area contributed by atoms with Crippen LogP contribution in [0.2, 0.25) is 0 Å². The van der Waals surface area contributed by atoms with E-state index in [-0.39, 0.29) is 15.9 Å². The molecule has 2 heterocycles. The summed E-state index contributed by atoms with van der Waals surface area (Å²) in [5, 5.41) is 9.02. The fourth-order valence-corrected chi connectivity index (χ4v) is 5.34. The second kappa shape index (κ2) is 5.76. The summed E-state index contributed by atoms with van der Waals surface area (Å²) in [6.07, 6.45) is 1.58. The van der Waals surface area contributed by atoms with Gasteiger partial charge in [0, 0.05) is 19.1 Å². The number of nitrogens with zero attached hydrogens (tertiary/aromatic N) is 3. The summed E-state index contributed by atoms with van der Waals surface area (Å²) in [6.45, 7) is 1.05. The van der Waals surface area contributed by atoms with Crippen molar-refractivity contribution < 1.29 is 18.3 Å². The van der Waals surface area contributed by atoms with Gasteiger partial charge in [-0.15, -0.1) is 11.3 Å². The number of hydrogen-bond acceptors (Lipinski definition) is 6. The van der Waals surface area contributed by atoms with Gasteiger partial charge in [0.15, 0.2) is 9.90 Å². The van der Waals surface area contributed by atoms with Crippen LogP contribution in [-0.2, 0) is 10.0 Å². The number of rotatable bonds is 5. The summed E-state index contributed by atoms with van der Waals surface area (Å²) in [5.41, 5.74) is 0.874. The molecule has 20 heavy (non-hydrogen) atoms. The van der Waals surface area contributed by atoms with Crippen molar-refractivity contribution in [3.63, 3.8) is 0 Å². The van der Waals surface area contributed by atoms with Gasteiger partial charge in [0.2, 0.25) is 0 Å². The van der Waals surface area contributed by atoms with Crippen molar-refractivity contribution in [3.8, 4) is 0 Å². The first-order chi connectivity index (χ1) is 9.34. The lowest BCUT2D eigenvalue weighted by Crippen LogP contribution is -2.41. The predicted molar refractivity (Wildman–Crippen MR) is 74.5 cm³/mol. The molecule has 1 N–H and O–H groups in total. The van der Waals surface area contributed by atoms with Gasteiger partial charge in [0.05, 0.1) is 5.51 Å². The van der Waals surface area contributed by atoms with Crippen LogP contribution in [-0.4, -0.2) is 66.9 Å². The molecular formula is C11H17N3O4S2. The zero-order valence-corrected chi connectivity index (χ0v) is 12.9. The molecule has 9 heteroatoms. The topological polar surface area (TPSA) is 90.8 Å². The maximum atomic E-state index is 12.6. The third-order valence-electron chi connectivity index (χ3n) is 3.18. The van der Waals surface area contributed by atoms with Crippen molar-refractivity contribution in [1.29, 1.82) is 0 Å². The van der Waals surface area contributed by atoms with Gasteiger partial charge in [-0.05, 0) is 26.9 Å². The van der Waals surface area contributed by atoms with Crippen molar-refractivity contribution in [2.75, 3.05) is 27.2 Å². The average molecular weight is 319 g/mol. The molecule has 1 unspecified atom stereocenters. The van der Waals surface area contributed by atoms with E-state index in [0.29, 0.717) is 13.1 Å². The molecule has 112 valence electrons. The largest absolute Gasteiger partial charge is 0.476 e. The Labute approximate surface area is 121 Å². The average Bonchev–Trinajstić information content (AvgIpc) is 2.94. The van der Waals surface area contributed by atoms with Crippen molar-refractivity contribution in [2.45, 2.75) is 23.1 Å². The maximum Gasteiger partial charge on any atom is 0.356 e. The molecule has 0 aliphatic carbocycles. The Morgan fingerprint density at radius 1 is 1.60 bits per heavy atom. The molecular weight excluding hydrogens is 302 g/mol. The van der Waals surface area contributed by atoms with Gasteiger partial charge in [-0.1, -0.05) is 0 Å². The zero-order chi connectivity index (χ0) is 14.9. The van der Waals surface area contributed by atoms with E-state index in [1.807, 2.05) is 19.0 Å². The highest BCUT2D eigenvalue weighted by molar-refractivity contribution is 7.91. The summed E-state index contributed by atoms with van der Waals surface area (Å²) in [5.74, 6) is -1.31. The summed E-state index contributed by atoms with van der Waals surface area (Å²) in [4.78, 5) is 16.6. The van der Waals surface area contributed by atoms with Crippen LogP contribution >= 0.6 is 11.3 Å². The third kappa shape index (κ3) is 2.85. The number of thiazole rings is 1. The Morgan fingerprint density at radius 3 is 2.90 bits per heavy atom. The maximum absolute atomic E-state index is 12.6. The van der Waals surface area contributed by atoms with E-state index in [4.69, 9.17) is 5.11 Å². The molecule has 1 aliphatic rings. The molecule has 1 fully saturated rings. The zero-order valence-electron chi connectivity index (χ0n) is 11.3. The van der Waals surface area contributed by atoms with Gasteiger partial charge in [-0.2, -0.15) is 4.31 Å². The minimum absolute atomic E-state index is 0.112. The molecule has 1 saturated heterocycles. The Bertz CT molecular complexity index is 597. The minimum atomic E-state index is -3.78. The lowest BCUT2D eigenvalue weighted by Gasteiger charge is -2.25. The number of carboxylic acid groups (broad SMARTS) is 1. The Balaban J connectivity index is 2.34. The first-order valence-corrected chi connectivity index (χ1v) is 8.49. The quantitative estimate of drug-likeness (QED) is 0.852. The molecule has 0 spiro atoms. The summed E-state index contributed by atoms with van der Waals surface area (Å²) < 4.78 is 26.5. The van der Waals surface area contributed by atoms with Crippen LogP contribution in [0.25, 0.3) is 0 Å². The number of carboxylic acids is 1. The fourth-order valence-electron chi connectivity index (χ4n) is 2.40. The van der Waals surface area contributed by atoms with E-state index < -0.39 is 16.0 Å². The molecule has 1 aromatic heterocycles. The molecule has 0 saturated carbocycles. The smallest absolute Gasteiger partial charge is 0.356 e. The Kier molecular flexibility index (Phi) is 4.43. The van der Waals surface area contributed by atoms with Crippen LogP contribution < -0.4 is 0 Å². The van der Waals surface area contributed by atoms with Gasteiger partial charge in [-0.25, -0.2) is 18.2 Å². The molecule has 0 radical (unpaired) electrons. The summed E-state index contributed by atoms with van der Waals surface area (Å²) >= 11 is 0.857. The van der Waals surface area contributed by atoms with Crippen LogP contribution in [0.3, 0.4) is 0 Å². The Hall–Kier alpha value is -1.03. The van der Waals surface area contributed by atoms with Crippen molar-refractivity contribution >= 4 is 27.3 Å². The van der Waals surface area contributed by atoms with Gasteiger partial charge >= 0.3 is 5.97 Å². The van der Waals surface area contributed by atoms with E-state index in [1.54, 1.807) is 0 Å². The van der Waals surface area contributed by atoms with Gasteiger partial charge in [0.1, 0.15) is 0 Å². The summed E-state index contributed by atoms with van der Waals surface area (Å²) in [7, 11) is -0.00919. The fraction of sp³-hybridized carbons (Fsp3) is 0.636. The predicted octanol–water partition coefficient (Wildman–Crippen LogP) is 0.556. The van der Waals surface area contributed by atoms with E-state index in [2.05, 4.69) is 4.98 Å². The monoisotopic (exact) mass is 319 g/mol. The molecule has 0 amide bonds. The van der Waals surface area contributed by atoms with Gasteiger partial charge < -0.3 is 10.0 Å². The van der Waals surface area contributed by atoms with Crippen LogP contribution in [0.15, 0.2) is 9.72 Å². The van der Waals surface area contributed by atoms with Crippen molar-refractivity contribution in [2.24, 2.45) is 0 Å². The molecule has 2 rings (SSSR count). The first kappa shape index (κ1) is 15.4. The minimum Gasteiger partial charge on any atom is -0.476 e. The van der Waals surface area contributed by atoms with Crippen LogP contribution in [0.4, 0.5) is 0 Å². The number of carbonyl (C=O) groups is 1. The second-order valence-corrected chi connectivity index (χ2v) is 7.91. The van der Waals surface area contributed by atoms with E-state index in [1.165, 1.54) is 9.82 Å². The molecule has 1 aromatic rings. The molecule has 1 aliphatic heterocycles. The van der Waals surface area contributed by atoms with Gasteiger partial charge in [0.25, 0.3) is 10.0 Å². The highest BCUT2D eigenvalue weighted by Gasteiger charge is 2.38. The van der Waals surface area contributed by atoms with Crippen molar-refractivity contribution in [3.05, 3.63) is 11.2 Å². The van der Waals surface area contributed by atoms with E-state index in [0.717, 1.165) is 24.2 Å². The number of likely N-dealkylation sites (N-methyl/N-ethyl adjacent to an activating group) is 1. The lowest BCUT2D eigenvalue weighted by molar-refractivity contribution is 0.0687. The normalized spacial score (nSPS) is 20.6. The Morgan fingerprint density at radius 2 is 2.30 bits per heavy atom. The lowest BCUT2D eigenvalue weighted by atomic mass is 10.2. The highest BCUT2D eigenvalue weighted by Crippen LogP contribution is 2.30. The van der Waals surface area contributed by atoms with E-state index in [9.17, 15) is 13.2 Å². The first-order valence-electron chi connectivity index (χ1n) is 6.17. The third-order valence-corrected chi connectivity index (χ3v) is 6.48. The van der Waals surface area contributed by atoms with E-state index >= 15 is 0 Å². The summed E-state index contributed by atoms with van der Waals surface area (Å²) in [6, 6.07) is -0.112. The number of sulfonamides is 1. The standard InChI is InChI=1S/C11H17N3O4S2/c1-13(2)6-8-4-3-5-14(8)20(17,18)11-9(10(15)16)12-7-19-11/h7-8H,3-6H2,1-2H3,(H,15,16).